The van der Waals surface area contributed by atoms with Gasteiger partial charge in [-0.05, 0) is 39.8 Å². The molecule has 0 saturated carbocycles. The fourth-order valence-electron chi connectivity index (χ4n) is 3.44. The van der Waals surface area contributed by atoms with E-state index in [2.05, 4.69) is 59.0 Å². The summed E-state index contributed by atoms with van der Waals surface area (Å²) in [5, 5.41) is 1.21. The van der Waals surface area contributed by atoms with Crippen molar-refractivity contribution >= 4 is 11.0 Å². The first-order chi connectivity index (χ1) is 11.0. The molecule has 1 aromatic heterocycles. The first-order valence-electron chi connectivity index (χ1n) is 9.16. The van der Waals surface area contributed by atoms with Crippen LogP contribution in [0.2, 0.25) is 0 Å². The fourth-order valence-corrected chi connectivity index (χ4v) is 3.44. The van der Waals surface area contributed by atoms with Crippen molar-refractivity contribution in [1.82, 2.24) is 0 Å². The number of hydrogen-bond acceptors (Lipinski definition) is 1. The number of furan rings is 1. The van der Waals surface area contributed by atoms with Crippen LogP contribution in [-0.2, 0) is 6.54 Å². The van der Waals surface area contributed by atoms with Crippen molar-refractivity contribution in [1.29, 1.82) is 0 Å². The summed E-state index contributed by atoms with van der Waals surface area (Å²) in [6.07, 6.45) is 0. The van der Waals surface area contributed by atoms with Crippen molar-refractivity contribution in [3.05, 3.63) is 36.1 Å². The lowest BCUT2D eigenvalue weighted by molar-refractivity contribution is -0.976. The van der Waals surface area contributed by atoms with Crippen molar-refractivity contribution in [2.24, 2.45) is 0 Å². The molecule has 3 nitrogen and oxygen atoms in total. The van der Waals surface area contributed by atoms with Gasteiger partial charge in [-0.15, -0.1) is 0 Å². The van der Waals surface area contributed by atoms with Gasteiger partial charge in [-0.1, -0.05) is 18.2 Å². The summed E-state index contributed by atoms with van der Waals surface area (Å²) in [6.45, 7) is 17.5. The van der Waals surface area contributed by atoms with Crippen molar-refractivity contribution < 1.29 is 13.4 Å². The van der Waals surface area contributed by atoms with E-state index in [1.165, 1.54) is 42.6 Å². The monoisotopic (exact) mass is 318 g/mol. The average Bonchev–Trinajstić information content (AvgIpc) is 2.98. The van der Waals surface area contributed by atoms with Gasteiger partial charge in [0.25, 0.3) is 0 Å². The number of benzene rings is 1. The van der Waals surface area contributed by atoms with Crippen LogP contribution in [-0.4, -0.2) is 55.3 Å². The number of nitrogens with zero attached hydrogens (tertiary/aromatic N) is 2. The molecule has 128 valence electrons. The van der Waals surface area contributed by atoms with Crippen molar-refractivity contribution in [2.45, 2.75) is 34.2 Å². The van der Waals surface area contributed by atoms with Crippen LogP contribution in [0.1, 0.15) is 33.5 Å². The molecule has 1 unspecified atom stereocenters. The van der Waals surface area contributed by atoms with Crippen molar-refractivity contribution in [3.63, 3.8) is 0 Å². The standard InChI is InChI=1S/C20H34N2O/c1-6-21(5,14-15-22(7-2,8-3)9-4)17-19-16-18-12-10-11-13-20(18)23-19/h10-13,16H,6-9,14-15,17H2,1-5H3/q+2. The smallest absolute Gasteiger partial charge is 0.159 e. The predicted octanol–water partition coefficient (Wildman–Crippen LogP) is 4.28. The minimum atomic E-state index is 0.975. The van der Waals surface area contributed by atoms with Gasteiger partial charge in [-0.3, -0.25) is 0 Å². The largest absolute Gasteiger partial charge is 0.455 e. The van der Waals surface area contributed by atoms with Gasteiger partial charge in [0.05, 0.1) is 33.2 Å². The third-order valence-electron chi connectivity index (χ3n) is 5.90. The highest BCUT2D eigenvalue weighted by Gasteiger charge is 2.29. The van der Waals surface area contributed by atoms with E-state index in [-0.39, 0.29) is 0 Å². The van der Waals surface area contributed by atoms with Crippen molar-refractivity contribution in [3.8, 4) is 0 Å². The Morgan fingerprint density at radius 3 is 2.09 bits per heavy atom. The van der Waals surface area contributed by atoms with Gasteiger partial charge in [0, 0.05) is 5.39 Å². The minimum Gasteiger partial charge on any atom is -0.455 e. The summed E-state index contributed by atoms with van der Waals surface area (Å²) in [6, 6.07) is 10.5. The van der Waals surface area contributed by atoms with E-state index in [1.807, 2.05) is 6.07 Å². The van der Waals surface area contributed by atoms with Crippen LogP contribution in [0.4, 0.5) is 0 Å². The molecule has 0 bridgehead atoms. The van der Waals surface area contributed by atoms with Gasteiger partial charge >= 0.3 is 0 Å². The highest BCUT2D eigenvalue weighted by Crippen LogP contribution is 2.22. The first-order valence-corrected chi connectivity index (χ1v) is 9.16. The maximum absolute atomic E-state index is 6.06. The Kier molecular flexibility index (Phi) is 5.88. The Morgan fingerprint density at radius 2 is 1.52 bits per heavy atom. The summed E-state index contributed by atoms with van der Waals surface area (Å²) in [7, 11) is 2.36. The molecular formula is C20H34N2O+2. The summed E-state index contributed by atoms with van der Waals surface area (Å²) in [4.78, 5) is 0. The third kappa shape index (κ3) is 4.15. The van der Waals surface area contributed by atoms with Crippen LogP contribution in [0.25, 0.3) is 11.0 Å². The number of para-hydroxylation sites is 1. The number of hydrogen-bond donors (Lipinski definition) is 0. The molecule has 1 atom stereocenters. The third-order valence-corrected chi connectivity index (χ3v) is 5.90. The summed E-state index contributed by atoms with van der Waals surface area (Å²) in [5.74, 6) is 1.11. The molecular weight excluding hydrogens is 284 g/mol. The zero-order chi connectivity index (χ0) is 16.9. The van der Waals surface area contributed by atoms with E-state index in [4.69, 9.17) is 4.42 Å². The number of fused-ring (bicyclic) bond motifs is 1. The lowest BCUT2D eigenvalue weighted by atomic mass is 10.2. The van der Waals surface area contributed by atoms with E-state index in [0.717, 1.165) is 28.9 Å². The molecule has 0 aliphatic rings. The molecule has 1 heterocycles. The van der Waals surface area contributed by atoms with E-state index < -0.39 is 0 Å². The molecule has 0 aliphatic carbocycles. The van der Waals surface area contributed by atoms with Gasteiger partial charge in [-0.25, -0.2) is 0 Å². The second-order valence-electron chi connectivity index (χ2n) is 7.08. The Bertz CT molecular complexity index is 574. The Labute approximate surface area is 141 Å². The molecule has 0 N–H and O–H groups in total. The quantitative estimate of drug-likeness (QED) is 0.629. The zero-order valence-electron chi connectivity index (χ0n) is 15.6. The maximum Gasteiger partial charge on any atom is 0.159 e. The molecule has 23 heavy (non-hydrogen) atoms. The highest BCUT2D eigenvalue weighted by atomic mass is 16.3. The van der Waals surface area contributed by atoms with Crippen LogP contribution >= 0.6 is 0 Å². The lowest BCUT2D eigenvalue weighted by Gasteiger charge is -2.40. The molecule has 2 aromatic rings. The normalized spacial score (nSPS) is 15.0. The minimum absolute atomic E-state index is 0.975. The summed E-state index contributed by atoms with van der Waals surface area (Å²) < 4.78 is 8.31. The Hall–Kier alpha value is -1.32. The SMILES string of the molecule is CC[N+](C)(CC[N+](CC)(CC)CC)Cc1cc2ccccc2o1. The van der Waals surface area contributed by atoms with Crippen molar-refractivity contribution in [2.75, 3.05) is 46.3 Å². The summed E-state index contributed by atoms with van der Waals surface area (Å²) >= 11 is 0. The predicted molar refractivity (Wildman–Crippen MR) is 98.3 cm³/mol. The van der Waals surface area contributed by atoms with E-state index in [0.29, 0.717) is 0 Å². The van der Waals surface area contributed by atoms with Gasteiger partial charge in [0.15, 0.2) is 5.76 Å². The average molecular weight is 319 g/mol. The highest BCUT2D eigenvalue weighted by molar-refractivity contribution is 5.77. The molecule has 0 spiro atoms. The number of quaternary nitrogens is 2. The topological polar surface area (TPSA) is 13.1 Å². The molecule has 3 heteroatoms. The lowest BCUT2D eigenvalue weighted by Crippen LogP contribution is -2.55. The van der Waals surface area contributed by atoms with Crippen LogP contribution in [0.3, 0.4) is 0 Å². The van der Waals surface area contributed by atoms with Gasteiger partial charge in [0.1, 0.15) is 25.2 Å². The zero-order valence-corrected chi connectivity index (χ0v) is 15.6. The van der Waals surface area contributed by atoms with Crippen LogP contribution in [0.5, 0.6) is 0 Å². The van der Waals surface area contributed by atoms with Crippen LogP contribution < -0.4 is 0 Å². The Balaban J connectivity index is 2.10. The molecule has 0 fully saturated rings. The van der Waals surface area contributed by atoms with Crippen LogP contribution in [0, 0.1) is 0 Å². The van der Waals surface area contributed by atoms with Gasteiger partial charge in [0.2, 0.25) is 0 Å². The second-order valence-corrected chi connectivity index (χ2v) is 7.08. The molecule has 0 aliphatic heterocycles. The van der Waals surface area contributed by atoms with Gasteiger partial charge in [-0.2, -0.15) is 0 Å². The molecule has 0 amide bonds. The molecule has 2 rings (SSSR count). The molecule has 0 saturated heterocycles. The first kappa shape index (κ1) is 18.0. The van der Waals surface area contributed by atoms with E-state index in [1.54, 1.807) is 0 Å². The van der Waals surface area contributed by atoms with E-state index >= 15 is 0 Å². The fraction of sp³-hybridized carbons (Fsp3) is 0.600. The maximum atomic E-state index is 6.06. The second kappa shape index (κ2) is 7.50. The molecule has 1 aromatic carbocycles. The Morgan fingerprint density at radius 1 is 0.870 bits per heavy atom. The van der Waals surface area contributed by atoms with Gasteiger partial charge < -0.3 is 13.4 Å². The van der Waals surface area contributed by atoms with E-state index in [9.17, 15) is 0 Å². The number of likely N-dealkylation sites (N-methyl/N-ethyl adjacent to an activating group) is 2. The van der Waals surface area contributed by atoms with Crippen LogP contribution in [0.15, 0.2) is 34.7 Å². The summed E-state index contributed by atoms with van der Waals surface area (Å²) in [5.41, 5.74) is 1.01. The molecule has 0 radical (unpaired) electrons. The number of rotatable bonds is 9.